The zero-order chi connectivity index (χ0) is 16.5. The van der Waals surface area contributed by atoms with Gasteiger partial charge in [0.15, 0.2) is 5.76 Å². The van der Waals surface area contributed by atoms with Crippen LogP contribution in [0.25, 0.3) is 22.2 Å². The highest BCUT2D eigenvalue weighted by Gasteiger charge is 2.17. The van der Waals surface area contributed by atoms with Gasteiger partial charge in [-0.2, -0.15) is 0 Å². The SMILES string of the molecule is Cc1ccc(-c2onc3ccc(C(=S)N4CCOCC4)cc23)cc1. The lowest BCUT2D eigenvalue weighted by Gasteiger charge is -2.29. The Hall–Kier alpha value is -2.24. The largest absolute Gasteiger partial charge is 0.378 e. The van der Waals surface area contributed by atoms with Crippen molar-refractivity contribution in [2.75, 3.05) is 26.3 Å². The second-order valence-corrected chi connectivity index (χ2v) is 6.40. The van der Waals surface area contributed by atoms with E-state index in [0.717, 1.165) is 59.1 Å². The van der Waals surface area contributed by atoms with Crippen molar-refractivity contribution in [1.29, 1.82) is 0 Å². The summed E-state index contributed by atoms with van der Waals surface area (Å²) in [5.41, 5.74) is 4.12. The summed E-state index contributed by atoms with van der Waals surface area (Å²) in [6, 6.07) is 14.3. The van der Waals surface area contributed by atoms with Gasteiger partial charge in [-0.15, -0.1) is 0 Å². The first-order valence-corrected chi connectivity index (χ1v) is 8.47. The maximum absolute atomic E-state index is 5.67. The molecule has 1 aromatic heterocycles. The van der Waals surface area contributed by atoms with E-state index in [9.17, 15) is 0 Å². The normalized spacial score (nSPS) is 15.0. The third-order valence-corrected chi connectivity index (χ3v) is 4.83. The molecule has 1 fully saturated rings. The predicted molar refractivity (Wildman–Crippen MR) is 98.3 cm³/mol. The lowest BCUT2D eigenvalue weighted by Crippen LogP contribution is -2.40. The molecule has 122 valence electrons. The van der Waals surface area contributed by atoms with Crippen LogP contribution in [0, 0.1) is 6.92 Å². The topological polar surface area (TPSA) is 38.5 Å². The van der Waals surface area contributed by atoms with E-state index in [4.69, 9.17) is 21.5 Å². The van der Waals surface area contributed by atoms with Crippen molar-refractivity contribution >= 4 is 28.1 Å². The van der Waals surface area contributed by atoms with Gasteiger partial charge in [0.25, 0.3) is 0 Å². The zero-order valence-corrected chi connectivity index (χ0v) is 14.3. The summed E-state index contributed by atoms with van der Waals surface area (Å²) in [6.07, 6.45) is 0. The van der Waals surface area contributed by atoms with E-state index in [2.05, 4.69) is 47.3 Å². The molecule has 0 atom stereocenters. The fourth-order valence-corrected chi connectivity index (χ4v) is 3.25. The Labute approximate surface area is 146 Å². The molecule has 0 amide bonds. The number of hydrogen-bond acceptors (Lipinski definition) is 4. The van der Waals surface area contributed by atoms with E-state index in [1.165, 1.54) is 5.56 Å². The second-order valence-electron chi connectivity index (χ2n) is 6.01. The van der Waals surface area contributed by atoms with Gasteiger partial charge in [-0.25, -0.2) is 0 Å². The molecule has 3 aromatic rings. The number of aryl methyl sites for hydroxylation is 1. The van der Waals surface area contributed by atoms with Gasteiger partial charge in [0.2, 0.25) is 0 Å². The van der Waals surface area contributed by atoms with Crippen LogP contribution in [0.1, 0.15) is 11.1 Å². The molecular formula is C19H18N2O2S. The number of nitrogens with zero attached hydrogens (tertiary/aromatic N) is 2. The molecule has 0 spiro atoms. The van der Waals surface area contributed by atoms with Crippen LogP contribution in [0.4, 0.5) is 0 Å². The average Bonchev–Trinajstić information content (AvgIpc) is 3.05. The van der Waals surface area contributed by atoms with Gasteiger partial charge >= 0.3 is 0 Å². The van der Waals surface area contributed by atoms with Crippen molar-refractivity contribution in [2.45, 2.75) is 6.92 Å². The van der Waals surface area contributed by atoms with Crippen molar-refractivity contribution in [1.82, 2.24) is 10.1 Å². The van der Waals surface area contributed by atoms with Gasteiger partial charge in [0.05, 0.1) is 18.6 Å². The minimum atomic E-state index is 0.726. The Morgan fingerprint density at radius 2 is 1.83 bits per heavy atom. The Kier molecular flexibility index (Phi) is 4.04. The van der Waals surface area contributed by atoms with Crippen LogP contribution in [0.15, 0.2) is 47.0 Å². The minimum absolute atomic E-state index is 0.726. The lowest BCUT2D eigenvalue weighted by atomic mass is 10.0. The maximum atomic E-state index is 5.67. The highest BCUT2D eigenvalue weighted by Crippen LogP contribution is 2.30. The third-order valence-electron chi connectivity index (χ3n) is 4.34. The summed E-state index contributed by atoms with van der Waals surface area (Å²) in [6.45, 7) is 5.20. The van der Waals surface area contributed by atoms with Crippen molar-refractivity contribution in [2.24, 2.45) is 0 Å². The van der Waals surface area contributed by atoms with E-state index in [0.29, 0.717) is 0 Å². The number of fused-ring (bicyclic) bond motifs is 1. The summed E-state index contributed by atoms with van der Waals surface area (Å²) in [4.78, 5) is 3.05. The number of thiocarbonyl (C=S) groups is 1. The number of morpholine rings is 1. The summed E-state index contributed by atoms with van der Waals surface area (Å²) in [5, 5.41) is 5.17. The molecule has 0 saturated carbocycles. The molecule has 24 heavy (non-hydrogen) atoms. The third kappa shape index (κ3) is 2.81. The number of aromatic nitrogens is 1. The Morgan fingerprint density at radius 1 is 1.08 bits per heavy atom. The molecular weight excluding hydrogens is 320 g/mol. The Bertz CT molecular complexity index is 880. The van der Waals surface area contributed by atoms with Gasteiger partial charge in [0, 0.05) is 24.2 Å². The standard InChI is InChI=1S/C19H18N2O2S/c1-13-2-4-14(5-3-13)18-16-12-15(6-7-17(16)20-23-18)19(24)21-8-10-22-11-9-21/h2-7,12H,8-11H2,1H3. The van der Waals surface area contributed by atoms with E-state index in [-0.39, 0.29) is 0 Å². The van der Waals surface area contributed by atoms with Crippen molar-refractivity contribution < 1.29 is 9.26 Å². The van der Waals surface area contributed by atoms with Crippen molar-refractivity contribution in [3.8, 4) is 11.3 Å². The summed E-state index contributed by atoms with van der Waals surface area (Å²) in [7, 11) is 0. The number of hydrogen-bond donors (Lipinski definition) is 0. The molecule has 1 aliphatic heterocycles. The Morgan fingerprint density at radius 3 is 2.58 bits per heavy atom. The monoisotopic (exact) mass is 338 g/mol. The van der Waals surface area contributed by atoms with Crippen LogP contribution in [0.5, 0.6) is 0 Å². The van der Waals surface area contributed by atoms with Crippen LogP contribution in [-0.4, -0.2) is 41.3 Å². The fourth-order valence-electron chi connectivity index (χ4n) is 2.94. The lowest BCUT2D eigenvalue weighted by molar-refractivity contribution is 0.0693. The van der Waals surface area contributed by atoms with E-state index < -0.39 is 0 Å². The quantitative estimate of drug-likeness (QED) is 0.664. The smallest absolute Gasteiger partial charge is 0.174 e. The number of benzene rings is 2. The number of rotatable bonds is 2. The molecule has 0 aliphatic carbocycles. The number of ether oxygens (including phenoxy) is 1. The molecule has 0 bridgehead atoms. The van der Waals surface area contributed by atoms with Crippen molar-refractivity contribution in [3.63, 3.8) is 0 Å². The molecule has 0 radical (unpaired) electrons. The van der Waals surface area contributed by atoms with Gasteiger partial charge in [-0.3, -0.25) is 0 Å². The molecule has 4 rings (SSSR count). The first-order valence-electron chi connectivity index (χ1n) is 8.06. The molecule has 4 nitrogen and oxygen atoms in total. The average molecular weight is 338 g/mol. The molecule has 1 aliphatic rings. The predicted octanol–water partition coefficient (Wildman–Crippen LogP) is 3.81. The minimum Gasteiger partial charge on any atom is -0.378 e. The fraction of sp³-hybridized carbons (Fsp3) is 0.263. The van der Waals surface area contributed by atoms with Gasteiger partial charge < -0.3 is 14.2 Å². The maximum Gasteiger partial charge on any atom is 0.174 e. The van der Waals surface area contributed by atoms with E-state index in [1.807, 2.05) is 12.1 Å². The molecule has 2 aromatic carbocycles. The highest BCUT2D eigenvalue weighted by atomic mass is 32.1. The van der Waals surface area contributed by atoms with Gasteiger partial charge in [0.1, 0.15) is 10.5 Å². The van der Waals surface area contributed by atoms with Crippen LogP contribution in [0.3, 0.4) is 0 Å². The van der Waals surface area contributed by atoms with Gasteiger partial charge in [-0.05, 0) is 25.1 Å². The van der Waals surface area contributed by atoms with E-state index >= 15 is 0 Å². The Balaban J connectivity index is 1.72. The highest BCUT2D eigenvalue weighted by molar-refractivity contribution is 7.80. The van der Waals surface area contributed by atoms with Crippen LogP contribution < -0.4 is 0 Å². The van der Waals surface area contributed by atoms with E-state index in [1.54, 1.807) is 0 Å². The molecule has 0 N–H and O–H groups in total. The summed E-state index contributed by atoms with van der Waals surface area (Å²) < 4.78 is 11.0. The first-order chi connectivity index (χ1) is 11.7. The molecule has 0 unspecified atom stereocenters. The summed E-state index contributed by atoms with van der Waals surface area (Å²) in [5.74, 6) is 0.789. The molecule has 1 saturated heterocycles. The van der Waals surface area contributed by atoms with Crippen LogP contribution in [-0.2, 0) is 4.74 Å². The summed E-state index contributed by atoms with van der Waals surface area (Å²) >= 11 is 5.67. The second kappa shape index (κ2) is 6.34. The molecule has 5 heteroatoms. The van der Waals surface area contributed by atoms with Crippen LogP contribution in [0.2, 0.25) is 0 Å². The van der Waals surface area contributed by atoms with Crippen molar-refractivity contribution in [3.05, 3.63) is 53.6 Å². The first kappa shape index (κ1) is 15.3. The zero-order valence-electron chi connectivity index (χ0n) is 13.5. The van der Waals surface area contributed by atoms with Crippen LogP contribution >= 0.6 is 12.2 Å². The van der Waals surface area contributed by atoms with Gasteiger partial charge in [-0.1, -0.05) is 47.2 Å². The molecule has 2 heterocycles.